The van der Waals surface area contributed by atoms with Gasteiger partial charge in [0, 0.05) is 36.8 Å². The van der Waals surface area contributed by atoms with Crippen LogP contribution >= 0.6 is 11.3 Å². The fourth-order valence-corrected chi connectivity index (χ4v) is 3.09. The Morgan fingerprint density at radius 1 is 1.45 bits per heavy atom. The molecule has 20 heavy (non-hydrogen) atoms. The first-order chi connectivity index (χ1) is 9.74. The number of amides is 1. The lowest BCUT2D eigenvalue weighted by molar-refractivity contribution is 0.0700. The number of rotatable bonds is 2. The number of carbonyl (C=O) groups excluding carboxylic acids is 1. The van der Waals surface area contributed by atoms with Gasteiger partial charge in [0.05, 0.1) is 16.9 Å². The van der Waals surface area contributed by atoms with Crippen LogP contribution in [0, 0.1) is 6.92 Å². The molecule has 1 saturated heterocycles. The highest BCUT2D eigenvalue weighted by molar-refractivity contribution is 7.07. The standard InChI is InChI=1S/C14H16N4OS/c1-10-5-15-6-12(17-10)11-3-2-4-18(7-11)14(19)13-8-20-9-16-13/h5-6,8-9,11H,2-4,7H2,1H3/t11-/m1/s1. The lowest BCUT2D eigenvalue weighted by Crippen LogP contribution is -2.39. The fraction of sp³-hybridized carbons (Fsp3) is 0.429. The Balaban J connectivity index is 1.75. The quantitative estimate of drug-likeness (QED) is 0.850. The summed E-state index contributed by atoms with van der Waals surface area (Å²) >= 11 is 1.45. The van der Waals surface area contributed by atoms with Crippen molar-refractivity contribution in [3.63, 3.8) is 0 Å². The van der Waals surface area contributed by atoms with Crippen LogP contribution < -0.4 is 0 Å². The summed E-state index contributed by atoms with van der Waals surface area (Å²) in [6, 6.07) is 0. The molecule has 104 valence electrons. The van der Waals surface area contributed by atoms with Gasteiger partial charge in [0.15, 0.2) is 0 Å². The van der Waals surface area contributed by atoms with E-state index in [1.54, 1.807) is 17.1 Å². The highest BCUT2D eigenvalue weighted by atomic mass is 32.1. The van der Waals surface area contributed by atoms with Gasteiger partial charge in [-0.15, -0.1) is 11.3 Å². The molecule has 2 aromatic heterocycles. The normalized spacial score (nSPS) is 19.1. The summed E-state index contributed by atoms with van der Waals surface area (Å²) < 4.78 is 0. The van der Waals surface area contributed by atoms with Gasteiger partial charge in [-0.25, -0.2) is 4.98 Å². The lowest BCUT2D eigenvalue weighted by Gasteiger charge is -2.32. The van der Waals surface area contributed by atoms with Crippen molar-refractivity contribution in [3.05, 3.63) is 40.4 Å². The van der Waals surface area contributed by atoms with Gasteiger partial charge < -0.3 is 4.90 Å². The van der Waals surface area contributed by atoms with E-state index in [4.69, 9.17) is 0 Å². The van der Waals surface area contributed by atoms with Gasteiger partial charge in [-0.3, -0.25) is 14.8 Å². The van der Waals surface area contributed by atoms with Crippen LogP contribution in [0.25, 0.3) is 0 Å². The van der Waals surface area contributed by atoms with E-state index >= 15 is 0 Å². The maximum Gasteiger partial charge on any atom is 0.273 e. The fourth-order valence-electron chi connectivity index (χ4n) is 2.56. The smallest absolute Gasteiger partial charge is 0.273 e. The Bertz CT molecular complexity index is 599. The van der Waals surface area contributed by atoms with Crippen molar-refractivity contribution in [1.29, 1.82) is 0 Å². The van der Waals surface area contributed by atoms with Gasteiger partial charge in [0.25, 0.3) is 5.91 Å². The Kier molecular flexibility index (Phi) is 3.73. The van der Waals surface area contributed by atoms with Crippen LogP contribution in [0.15, 0.2) is 23.3 Å². The first-order valence-electron chi connectivity index (χ1n) is 6.70. The molecule has 0 saturated carbocycles. The lowest BCUT2D eigenvalue weighted by atomic mass is 9.95. The van der Waals surface area contributed by atoms with Crippen LogP contribution in [0.5, 0.6) is 0 Å². The van der Waals surface area contributed by atoms with Gasteiger partial charge in [-0.1, -0.05) is 0 Å². The number of nitrogens with zero attached hydrogens (tertiary/aromatic N) is 4. The molecule has 3 heterocycles. The number of carbonyl (C=O) groups is 1. The molecule has 0 radical (unpaired) electrons. The van der Waals surface area contributed by atoms with Crippen LogP contribution in [0.2, 0.25) is 0 Å². The summed E-state index contributed by atoms with van der Waals surface area (Å²) in [5.41, 5.74) is 4.15. The number of piperidine rings is 1. The average Bonchev–Trinajstić information content (AvgIpc) is 3.01. The third-order valence-corrected chi connectivity index (χ3v) is 4.14. The summed E-state index contributed by atoms with van der Waals surface area (Å²) in [5.74, 6) is 0.301. The van der Waals surface area contributed by atoms with Crippen LogP contribution in [0.4, 0.5) is 0 Å². The number of thiazole rings is 1. The molecule has 3 rings (SSSR count). The van der Waals surface area contributed by atoms with Crippen LogP contribution in [0.1, 0.15) is 40.6 Å². The predicted octanol–water partition coefficient (Wildman–Crippen LogP) is 2.26. The van der Waals surface area contributed by atoms with E-state index in [1.165, 1.54) is 11.3 Å². The monoisotopic (exact) mass is 288 g/mol. The van der Waals surface area contributed by atoms with Crippen LogP contribution in [-0.4, -0.2) is 38.8 Å². The largest absolute Gasteiger partial charge is 0.337 e. The molecule has 0 aromatic carbocycles. The van der Waals surface area contributed by atoms with Crippen molar-refractivity contribution >= 4 is 17.2 Å². The number of hydrogen-bond acceptors (Lipinski definition) is 5. The second-order valence-electron chi connectivity index (χ2n) is 5.05. The summed E-state index contributed by atoms with van der Waals surface area (Å²) in [4.78, 5) is 27.1. The summed E-state index contributed by atoms with van der Waals surface area (Å²) in [6.07, 6.45) is 5.62. The summed E-state index contributed by atoms with van der Waals surface area (Å²) in [7, 11) is 0. The molecule has 1 atom stereocenters. The molecule has 1 aliphatic rings. The van der Waals surface area contributed by atoms with Gasteiger partial charge in [-0.05, 0) is 19.8 Å². The third-order valence-electron chi connectivity index (χ3n) is 3.55. The highest BCUT2D eigenvalue weighted by Crippen LogP contribution is 2.26. The molecule has 0 N–H and O–H groups in total. The van der Waals surface area contributed by atoms with Crippen LogP contribution in [0.3, 0.4) is 0 Å². The van der Waals surface area contributed by atoms with Crippen molar-refractivity contribution in [3.8, 4) is 0 Å². The summed E-state index contributed by atoms with van der Waals surface area (Å²) in [6.45, 7) is 3.44. The SMILES string of the molecule is Cc1cncc([C@@H]2CCCN(C(=O)c3cscn3)C2)n1. The summed E-state index contributed by atoms with van der Waals surface area (Å²) in [5, 5.41) is 1.80. The first-order valence-corrected chi connectivity index (χ1v) is 7.64. The minimum absolute atomic E-state index is 0.0246. The molecule has 6 heteroatoms. The second kappa shape index (κ2) is 5.66. The van der Waals surface area contributed by atoms with Gasteiger partial charge in [-0.2, -0.15) is 0 Å². The highest BCUT2D eigenvalue weighted by Gasteiger charge is 2.27. The molecule has 1 amide bonds. The van der Waals surface area contributed by atoms with Crippen molar-refractivity contribution in [1.82, 2.24) is 19.9 Å². The minimum atomic E-state index is 0.0246. The van der Waals surface area contributed by atoms with E-state index in [0.29, 0.717) is 12.2 Å². The van der Waals surface area contributed by atoms with Crippen molar-refractivity contribution in [2.24, 2.45) is 0 Å². The zero-order chi connectivity index (χ0) is 13.9. The molecule has 1 fully saturated rings. The van der Waals surface area contributed by atoms with Gasteiger partial charge in [0.2, 0.25) is 0 Å². The number of likely N-dealkylation sites (tertiary alicyclic amines) is 1. The molecule has 0 unspecified atom stereocenters. The Hall–Kier alpha value is -1.82. The van der Waals surface area contributed by atoms with Crippen molar-refractivity contribution in [2.75, 3.05) is 13.1 Å². The van der Waals surface area contributed by atoms with E-state index in [1.807, 2.05) is 18.0 Å². The number of aryl methyl sites for hydroxylation is 1. The Morgan fingerprint density at radius 2 is 2.35 bits per heavy atom. The van der Waals surface area contributed by atoms with Crippen LogP contribution in [-0.2, 0) is 0 Å². The Morgan fingerprint density at radius 3 is 3.10 bits per heavy atom. The average molecular weight is 288 g/mol. The zero-order valence-corrected chi connectivity index (χ0v) is 12.1. The predicted molar refractivity (Wildman–Crippen MR) is 76.8 cm³/mol. The van der Waals surface area contributed by atoms with E-state index in [2.05, 4.69) is 15.0 Å². The van der Waals surface area contributed by atoms with E-state index < -0.39 is 0 Å². The molecular weight excluding hydrogens is 272 g/mol. The molecule has 5 nitrogen and oxygen atoms in total. The molecule has 0 aliphatic carbocycles. The zero-order valence-electron chi connectivity index (χ0n) is 11.3. The maximum atomic E-state index is 12.3. The molecule has 0 spiro atoms. The van der Waals surface area contributed by atoms with Gasteiger partial charge >= 0.3 is 0 Å². The number of hydrogen-bond donors (Lipinski definition) is 0. The minimum Gasteiger partial charge on any atom is -0.337 e. The molecule has 0 bridgehead atoms. The van der Waals surface area contributed by atoms with Gasteiger partial charge in [0.1, 0.15) is 5.69 Å². The third kappa shape index (κ3) is 2.70. The molecule has 1 aliphatic heterocycles. The van der Waals surface area contributed by atoms with E-state index in [0.717, 1.165) is 30.8 Å². The van der Waals surface area contributed by atoms with Crippen molar-refractivity contribution in [2.45, 2.75) is 25.7 Å². The van der Waals surface area contributed by atoms with E-state index in [-0.39, 0.29) is 11.8 Å². The topological polar surface area (TPSA) is 59.0 Å². The van der Waals surface area contributed by atoms with Crippen molar-refractivity contribution < 1.29 is 4.79 Å². The Labute approximate surface area is 121 Å². The molecule has 2 aromatic rings. The first kappa shape index (κ1) is 13.2. The molecular formula is C14H16N4OS. The number of aromatic nitrogens is 3. The second-order valence-corrected chi connectivity index (χ2v) is 5.77. The van der Waals surface area contributed by atoms with E-state index in [9.17, 15) is 4.79 Å². The maximum absolute atomic E-state index is 12.3.